The van der Waals surface area contributed by atoms with E-state index in [-0.39, 0.29) is 18.3 Å². The van der Waals surface area contributed by atoms with Gasteiger partial charge < -0.3 is 14.5 Å². The number of Topliss-reactive ketones (excluding diaryl/α,β-unsaturated/α-hetero) is 1. The molecule has 27 heavy (non-hydrogen) atoms. The Bertz CT molecular complexity index is 828. The maximum atomic E-state index is 12.4. The van der Waals surface area contributed by atoms with Gasteiger partial charge in [-0.2, -0.15) is 0 Å². The molecule has 2 aromatic rings. The van der Waals surface area contributed by atoms with E-state index in [0.717, 1.165) is 24.3 Å². The highest BCUT2D eigenvalue weighted by Gasteiger charge is 2.22. The third-order valence-corrected chi connectivity index (χ3v) is 5.02. The van der Waals surface area contributed by atoms with E-state index >= 15 is 0 Å². The lowest BCUT2D eigenvalue weighted by Gasteiger charge is -2.36. The van der Waals surface area contributed by atoms with Crippen molar-refractivity contribution in [3.63, 3.8) is 0 Å². The second-order valence-electron chi connectivity index (χ2n) is 6.69. The minimum atomic E-state index is -0.0425. The first kappa shape index (κ1) is 19.2. The normalized spacial score (nSPS) is 14.2. The first-order valence-corrected chi connectivity index (χ1v) is 9.34. The number of anilines is 1. The van der Waals surface area contributed by atoms with Crippen molar-refractivity contribution in [3.8, 4) is 5.75 Å². The van der Waals surface area contributed by atoms with Gasteiger partial charge in [-0.05, 0) is 55.8 Å². The molecule has 0 saturated carbocycles. The molecule has 0 aromatic heterocycles. The average Bonchev–Trinajstić information content (AvgIpc) is 2.68. The lowest BCUT2D eigenvalue weighted by atomic mass is 10.1. The summed E-state index contributed by atoms with van der Waals surface area (Å²) in [4.78, 5) is 27.8. The molecule has 0 radical (unpaired) electrons. The van der Waals surface area contributed by atoms with Crippen molar-refractivity contribution in [1.82, 2.24) is 4.90 Å². The maximum Gasteiger partial charge on any atom is 0.260 e. The van der Waals surface area contributed by atoms with E-state index < -0.39 is 0 Å². The van der Waals surface area contributed by atoms with E-state index in [1.54, 1.807) is 13.0 Å². The van der Waals surface area contributed by atoms with Crippen molar-refractivity contribution in [2.75, 3.05) is 37.7 Å². The number of ketones is 1. The van der Waals surface area contributed by atoms with E-state index in [9.17, 15) is 9.59 Å². The highest BCUT2D eigenvalue weighted by molar-refractivity contribution is 6.32. The summed E-state index contributed by atoms with van der Waals surface area (Å²) in [6, 6.07) is 13.1. The predicted molar refractivity (Wildman–Crippen MR) is 107 cm³/mol. The van der Waals surface area contributed by atoms with Crippen LogP contribution in [0.2, 0.25) is 5.02 Å². The third-order valence-electron chi connectivity index (χ3n) is 4.71. The Labute approximate surface area is 164 Å². The molecular weight excluding hydrogens is 364 g/mol. The molecule has 0 atom stereocenters. The van der Waals surface area contributed by atoms with Crippen LogP contribution in [0, 0.1) is 6.92 Å². The topological polar surface area (TPSA) is 49.9 Å². The monoisotopic (exact) mass is 386 g/mol. The van der Waals surface area contributed by atoms with Crippen LogP contribution in [-0.2, 0) is 4.79 Å². The van der Waals surface area contributed by atoms with Gasteiger partial charge in [-0.25, -0.2) is 0 Å². The molecule has 0 N–H and O–H groups in total. The number of hydrogen-bond donors (Lipinski definition) is 0. The molecule has 0 bridgehead atoms. The molecule has 6 heteroatoms. The van der Waals surface area contributed by atoms with Crippen LogP contribution in [0.5, 0.6) is 5.75 Å². The van der Waals surface area contributed by atoms with E-state index in [4.69, 9.17) is 16.3 Å². The van der Waals surface area contributed by atoms with Gasteiger partial charge in [-0.1, -0.05) is 17.7 Å². The molecule has 5 nitrogen and oxygen atoms in total. The molecule has 1 amide bonds. The highest BCUT2D eigenvalue weighted by atomic mass is 35.5. The Balaban J connectivity index is 1.51. The summed E-state index contributed by atoms with van der Waals surface area (Å²) < 4.78 is 5.61. The number of hydrogen-bond acceptors (Lipinski definition) is 4. The zero-order chi connectivity index (χ0) is 19.4. The Morgan fingerprint density at radius 2 is 1.70 bits per heavy atom. The SMILES string of the molecule is CC(=O)c1ccc(N2CCN(C(=O)COc3cc(C)ccc3Cl)CC2)cc1. The number of carbonyl (C=O) groups excluding carboxylic acids is 2. The molecular formula is C21H23ClN2O3. The fourth-order valence-electron chi connectivity index (χ4n) is 3.07. The zero-order valence-electron chi connectivity index (χ0n) is 15.6. The smallest absolute Gasteiger partial charge is 0.260 e. The van der Waals surface area contributed by atoms with Gasteiger partial charge in [0.1, 0.15) is 5.75 Å². The molecule has 1 heterocycles. The maximum absolute atomic E-state index is 12.4. The van der Waals surface area contributed by atoms with Crippen LogP contribution in [0.1, 0.15) is 22.8 Å². The number of nitrogens with zero attached hydrogens (tertiary/aromatic N) is 2. The van der Waals surface area contributed by atoms with E-state index in [1.165, 1.54) is 0 Å². The first-order chi connectivity index (χ1) is 12.9. The number of amides is 1. The summed E-state index contributed by atoms with van der Waals surface area (Å²) in [6.45, 7) is 6.26. The van der Waals surface area contributed by atoms with Gasteiger partial charge in [0, 0.05) is 37.4 Å². The van der Waals surface area contributed by atoms with Crippen LogP contribution in [0.15, 0.2) is 42.5 Å². The summed E-state index contributed by atoms with van der Waals surface area (Å²) >= 11 is 6.11. The lowest BCUT2D eigenvalue weighted by Crippen LogP contribution is -2.50. The molecule has 1 aliphatic rings. The standard InChI is InChI=1S/C21H23ClN2O3/c1-15-3-8-19(22)20(13-15)27-14-21(26)24-11-9-23(10-12-24)18-6-4-17(5-7-18)16(2)25/h3-8,13H,9-12,14H2,1-2H3. The van der Waals surface area contributed by atoms with Crippen LogP contribution >= 0.6 is 11.6 Å². The van der Waals surface area contributed by atoms with E-state index in [1.807, 2.05) is 48.2 Å². The van der Waals surface area contributed by atoms with Gasteiger partial charge in [0.25, 0.3) is 5.91 Å². The highest BCUT2D eigenvalue weighted by Crippen LogP contribution is 2.25. The molecule has 0 aliphatic carbocycles. The zero-order valence-corrected chi connectivity index (χ0v) is 16.3. The Morgan fingerprint density at radius 1 is 1.04 bits per heavy atom. The molecule has 1 fully saturated rings. The number of ether oxygens (including phenoxy) is 1. The first-order valence-electron chi connectivity index (χ1n) is 8.97. The van der Waals surface area contributed by atoms with Crippen molar-refractivity contribution in [2.24, 2.45) is 0 Å². The van der Waals surface area contributed by atoms with Gasteiger partial charge in [0.2, 0.25) is 0 Å². The van der Waals surface area contributed by atoms with Gasteiger partial charge in [0.05, 0.1) is 5.02 Å². The van der Waals surface area contributed by atoms with E-state index in [0.29, 0.717) is 29.4 Å². The van der Waals surface area contributed by atoms with Crippen molar-refractivity contribution >= 4 is 29.0 Å². The van der Waals surface area contributed by atoms with Gasteiger partial charge >= 0.3 is 0 Å². The minimum absolute atomic E-state index is 0.0174. The number of halogens is 1. The predicted octanol–water partition coefficient (Wildman–Crippen LogP) is 3.58. The van der Waals surface area contributed by atoms with Crippen LogP contribution in [0.25, 0.3) is 0 Å². The number of piperazine rings is 1. The fraction of sp³-hybridized carbons (Fsp3) is 0.333. The van der Waals surface area contributed by atoms with Gasteiger partial charge in [-0.15, -0.1) is 0 Å². The fourth-order valence-corrected chi connectivity index (χ4v) is 3.25. The molecule has 0 unspecified atom stereocenters. The van der Waals surface area contributed by atoms with Crippen molar-refractivity contribution < 1.29 is 14.3 Å². The van der Waals surface area contributed by atoms with Crippen molar-refractivity contribution in [3.05, 3.63) is 58.6 Å². The summed E-state index contributed by atoms with van der Waals surface area (Å²) in [5.41, 5.74) is 2.81. The average molecular weight is 387 g/mol. The summed E-state index contributed by atoms with van der Waals surface area (Å²) in [6.07, 6.45) is 0. The summed E-state index contributed by atoms with van der Waals surface area (Å²) in [7, 11) is 0. The van der Waals surface area contributed by atoms with Crippen molar-refractivity contribution in [2.45, 2.75) is 13.8 Å². The van der Waals surface area contributed by atoms with Gasteiger partial charge in [-0.3, -0.25) is 9.59 Å². The quantitative estimate of drug-likeness (QED) is 0.737. The molecule has 1 aliphatic heterocycles. The number of benzene rings is 2. The Hall–Kier alpha value is -2.53. The Kier molecular flexibility index (Phi) is 6.01. The number of rotatable bonds is 5. The second-order valence-corrected chi connectivity index (χ2v) is 7.10. The summed E-state index contributed by atoms with van der Waals surface area (Å²) in [5, 5.41) is 0.507. The molecule has 1 saturated heterocycles. The third kappa shape index (κ3) is 4.80. The van der Waals surface area contributed by atoms with E-state index in [2.05, 4.69) is 4.90 Å². The van der Waals surface area contributed by atoms with Crippen LogP contribution < -0.4 is 9.64 Å². The lowest BCUT2D eigenvalue weighted by molar-refractivity contribution is -0.133. The van der Waals surface area contributed by atoms with Crippen LogP contribution in [0.3, 0.4) is 0 Å². The molecule has 3 rings (SSSR count). The molecule has 2 aromatic carbocycles. The van der Waals surface area contributed by atoms with Gasteiger partial charge in [0.15, 0.2) is 12.4 Å². The molecule has 0 spiro atoms. The Morgan fingerprint density at radius 3 is 2.33 bits per heavy atom. The summed E-state index contributed by atoms with van der Waals surface area (Å²) in [5.74, 6) is 0.555. The van der Waals surface area contributed by atoms with Crippen LogP contribution in [0.4, 0.5) is 5.69 Å². The van der Waals surface area contributed by atoms with Crippen molar-refractivity contribution in [1.29, 1.82) is 0 Å². The number of aryl methyl sites for hydroxylation is 1. The molecule has 142 valence electrons. The largest absolute Gasteiger partial charge is 0.482 e. The second kappa shape index (κ2) is 8.44. The number of carbonyl (C=O) groups is 2. The van der Waals surface area contributed by atoms with Crippen LogP contribution in [-0.4, -0.2) is 49.4 Å². The minimum Gasteiger partial charge on any atom is -0.482 e.